The average Bonchev–Trinajstić information content (AvgIpc) is 2.41. The molecule has 0 saturated heterocycles. The fourth-order valence-corrected chi connectivity index (χ4v) is 2.04. The van der Waals surface area contributed by atoms with E-state index >= 15 is 0 Å². The molecule has 0 bridgehead atoms. The van der Waals surface area contributed by atoms with E-state index in [4.69, 9.17) is 28.5 Å². The zero-order valence-electron chi connectivity index (χ0n) is 9.75. The van der Waals surface area contributed by atoms with Crippen molar-refractivity contribution in [2.45, 2.75) is 6.54 Å². The first-order chi connectivity index (χ1) is 9.11. The molecule has 0 spiro atoms. The summed E-state index contributed by atoms with van der Waals surface area (Å²) in [5, 5.41) is 12.2. The fraction of sp³-hybridized carbons (Fsp3) is 0.0714. The Balaban J connectivity index is 2.15. The monoisotopic (exact) mass is 294 g/mol. The van der Waals surface area contributed by atoms with Gasteiger partial charge in [-0.25, -0.2) is 4.39 Å². The molecule has 0 unspecified atom stereocenters. The molecule has 0 fully saturated rings. The van der Waals surface area contributed by atoms with Gasteiger partial charge in [-0.1, -0.05) is 35.3 Å². The second-order valence-corrected chi connectivity index (χ2v) is 4.69. The molecular formula is C14H9Cl2FN2. The number of anilines is 1. The van der Waals surface area contributed by atoms with E-state index in [1.807, 2.05) is 6.07 Å². The van der Waals surface area contributed by atoms with E-state index in [2.05, 4.69) is 5.32 Å². The van der Waals surface area contributed by atoms with Crippen molar-refractivity contribution in [3.05, 3.63) is 63.4 Å². The fourth-order valence-electron chi connectivity index (χ4n) is 1.60. The molecule has 0 aliphatic heterocycles. The summed E-state index contributed by atoms with van der Waals surface area (Å²) in [6.07, 6.45) is 0. The molecule has 96 valence electrons. The molecule has 2 aromatic carbocycles. The van der Waals surface area contributed by atoms with Crippen LogP contribution in [0.25, 0.3) is 0 Å². The summed E-state index contributed by atoms with van der Waals surface area (Å²) in [5.41, 5.74) is 1.57. The smallest absolute Gasteiger partial charge is 0.146 e. The lowest BCUT2D eigenvalue weighted by Crippen LogP contribution is -2.02. The summed E-state index contributed by atoms with van der Waals surface area (Å²) in [7, 11) is 0. The van der Waals surface area contributed by atoms with E-state index in [1.54, 1.807) is 30.3 Å². The minimum Gasteiger partial charge on any atom is -0.380 e. The first-order valence-electron chi connectivity index (χ1n) is 5.48. The molecule has 19 heavy (non-hydrogen) atoms. The Labute approximate surface area is 120 Å². The highest BCUT2D eigenvalue weighted by Crippen LogP contribution is 2.24. The SMILES string of the molecule is N#Cc1ccc(NCc2cccc(Cl)c2F)c(Cl)c1. The van der Waals surface area contributed by atoms with Gasteiger partial charge in [0.1, 0.15) is 5.82 Å². The Morgan fingerprint density at radius 2 is 1.95 bits per heavy atom. The van der Waals surface area contributed by atoms with Gasteiger partial charge in [0, 0.05) is 12.1 Å². The van der Waals surface area contributed by atoms with Crippen LogP contribution in [0.2, 0.25) is 10.0 Å². The van der Waals surface area contributed by atoms with Gasteiger partial charge in [-0.2, -0.15) is 5.26 Å². The zero-order valence-corrected chi connectivity index (χ0v) is 11.3. The maximum Gasteiger partial charge on any atom is 0.146 e. The van der Waals surface area contributed by atoms with Crippen LogP contribution in [-0.2, 0) is 6.54 Å². The molecule has 2 aromatic rings. The summed E-state index contributed by atoms with van der Waals surface area (Å²) in [6, 6.07) is 11.7. The van der Waals surface area contributed by atoms with E-state index in [9.17, 15) is 4.39 Å². The van der Waals surface area contributed by atoms with Gasteiger partial charge in [0.15, 0.2) is 0 Å². The highest BCUT2D eigenvalue weighted by atomic mass is 35.5. The Morgan fingerprint density at radius 1 is 1.16 bits per heavy atom. The van der Waals surface area contributed by atoms with Crippen LogP contribution in [0.4, 0.5) is 10.1 Å². The second-order valence-electron chi connectivity index (χ2n) is 3.87. The molecule has 0 amide bonds. The third kappa shape index (κ3) is 3.17. The summed E-state index contributed by atoms with van der Waals surface area (Å²) < 4.78 is 13.7. The lowest BCUT2D eigenvalue weighted by molar-refractivity contribution is 0.613. The van der Waals surface area contributed by atoms with Gasteiger partial charge < -0.3 is 5.32 Å². The topological polar surface area (TPSA) is 35.8 Å². The van der Waals surface area contributed by atoms with Gasteiger partial charge in [0.2, 0.25) is 0 Å². The molecule has 0 aliphatic rings. The van der Waals surface area contributed by atoms with Gasteiger partial charge in [-0.05, 0) is 24.3 Å². The van der Waals surface area contributed by atoms with Crippen LogP contribution in [0.3, 0.4) is 0 Å². The zero-order chi connectivity index (χ0) is 13.8. The summed E-state index contributed by atoms with van der Waals surface area (Å²) >= 11 is 11.7. The molecule has 0 atom stereocenters. The Morgan fingerprint density at radius 3 is 2.63 bits per heavy atom. The minimum atomic E-state index is -0.443. The van der Waals surface area contributed by atoms with Crippen molar-refractivity contribution in [2.75, 3.05) is 5.32 Å². The Kier molecular flexibility index (Phi) is 4.26. The van der Waals surface area contributed by atoms with Crippen LogP contribution < -0.4 is 5.32 Å². The first-order valence-corrected chi connectivity index (χ1v) is 6.24. The van der Waals surface area contributed by atoms with Crippen LogP contribution >= 0.6 is 23.2 Å². The van der Waals surface area contributed by atoms with E-state index in [0.29, 0.717) is 21.8 Å². The number of nitriles is 1. The molecule has 0 saturated carbocycles. The molecule has 0 heterocycles. The molecule has 2 nitrogen and oxygen atoms in total. The van der Waals surface area contributed by atoms with Gasteiger partial charge in [-0.3, -0.25) is 0 Å². The quantitative estimate of drug-likeness (QED) is 0.897. The maximum atomic E-state index is 13.7. The minimum absolute atomic E-state index is 0.0882. The van der Waals surface area contributed by atoms with Gasteiger partial charge in [0.05, 0.1) is 27.4 Å². The standard InChI is InChI=1S/C14H9Cl2FN2/c15-11-3-1-2-10(14(11)17)8-19-13-5-4-9(7-18)6-12(13)16/h1-6,19H,8H2. The largest absolute Gasteiger partial charge is 0.380 e. The lowest BCUT2D eigenvalue weighted by atomic mass is 10.2. The predicted octanol–water partition coefficient (Wildman–Crippen LogP) is 4.62. The number of benzene rings is 2. The lowest BCUT2D eigenvalue weighted by Gasteiger charge is -2.09. The Hall–Kier alpha value is -1.76. The second kappa shape index (κ2) is 5.92. The summed E-state index contributed by atoms with van der Waals surface area (Å²) in [4.78, 5) is 0. The number of nitrogens with one attached hydrogen (secondary N) is 1. The van der Waals surface area contributed by atoms with Crippen LogP contribution in [0, 0.1) is 17.1 Å². The number of hydrogen-bond donors (Lipinski definition) is 1. The van der Waals surface area contributed by atoms with Crippen LogP contribution in [0.5, 0.6) is 0 Å². The molecule has 0 aromatic heterocycles. The van der Waals surface area contributed by atoms with E-state index in [-0.39, 0.29) is 11.6 Å². The van der Waals surface area contributed by atoms with Gasteiger partial charge >= 0.3 is 0 Å². The molecule has 0 radical (unpaired) electrons. The molecule has 5 heteroatoms. The normalized spacial score (nSPS) is 10.0. The average molecular weight is 295 g/mol. The van der Waals surface area contributed by atoms with E-state index < -0.39 is 5.82 Å². The third-order valence-corrected chi connectivity index (χ3v) is 3.20. The van der Waals surface area contributed by atoms with E-state index in [0.717, 1.165) is 0 Å². The van der Waals surface area contributed by atoms with Crippen molar-refractivity contribution >= 4 is 28.9 Å². The first kappa shape index (κ1) is 13.7. The van der Waals surface area contributed by atoms with Crippen molar-refractivity contribution in [2.24, 2.45) is 0 Å². The molecule has 2 rings (SSSR count). The Bertz CT molecular complexity index is 650. The highest BCUT2D eigenvalue weighted by Gasteiger charge is 2.07. The van der Waals surface area contributed by atoms with Crippen molar-refractivity contribution in [1.29, 1.82) is 5.26 Å². The van der Waals surface area contributed by atoms with Crippen molar-refractivity contribution in [1.82, 2.24) is 0 Å². The van der Waals surface area contributed by atoms with Crippen LogP contribution in [-0.4, -0.2) is 0 Å². The van der Waals surface area contributed by atoms with Crippen molar-refractivity contribution < 1.29 is 4.39 Å². The van der Waals surface area contributed by atoms with Crippen molar-refractivity contribution in [3.8, 4) is 6.07 Å². The summed E-state index contributed by atoms with van der Waals surface area (Å²) in [5.74, 6) is -0.443. The maximum absolute atomic E-state index is 13.7. The molecule has 0 aliphatic carbocycles. The van der Waals surface area contributed by atoms with Crippen LogP contribution in [0.15, 0.2) is 36.4 Å². The van der Waals surface area contributed by atoms with Crippen LogP contribution in [0.1, 0.15) is 11.1 Å². The van der Waals surface area contributed by atoms with Crippen molar-refractivity contribution in [3.63, 3.8) is 0 Å². The van der Waals surface area contributed by atoms with Gasteiger partial charge in [0.25, 0.3) is 0 Å². The number of nitrogens with zero attached hydrogens (tertiary/aromatic N) is 1. The van der Waals surface area contributed by atoms with Gasteiger partial charge in [-0.15, -0.1) is 0 Å². The highest BCUT2D eigenvalue weighted by molar-refractivity contribution is 6.33. The number of rotatable bonds is 3. The van der Waals surface area contributed by atoms with E-state index in [1.165, 1.54) is 6.07 Å². The predicted molar refractivity (Wildman–Crippen MR) is 74.9 cm³/mol. The third-order valence-electron chi connectivity index (χ3n) is 2.60. The number of halogens is 3. The molecular weight excluding hydrogens is 286 g/mol. The number of hydrogen-bond acceptors (Lipinski definition) is 2. The molecule has 1 N–H and O–H groups in total. The summed E-state index contributed by atoms with van der Waals surface area (Å²) in [6.45, 7) is 0.262.